The van der Waals surface area contributed by atoms with Crippen LogP contribution in [0.4, 0.5) is 0 Å². The van der Waals surface area contributed by atoms with Crippen LogP contribution in [0.25, 0.3) is 5.69 Å². The monoisotopic (exact) mass is 176 g/mol. The minimum Gasteiger partial charge on any atom is -0.273 e. The predicted molar refractivity (Wildman–Crippen MR) is 47.2 cm³/mol. The zero-order valence-corrected chi connectivity index (χ0v) is 7.03. The molecule has 0 spiro atoms. The zero-order chi connectivity index (χ0) is 8.39. The highest BCUT2D eigenvalue weighted by molar-refractivity contribution is 7.80. The van der Waals surface area contributed by atoms with E-state index in [9.17, 15) is 0 Å². The van der Waals surface area contributed by atoms with Crippen molar-refractivity contribution in [1.29, 1.82) is 0 Å². The van der Waals surface area contributed by atoms with Gasteiger partial charge in [0.25, 0.3) is 0 Å². The van der Waals surface area contributed by atoms with Gasteiger partial charge in [-0.2, -0.15) is 0 Å². The van der Waals surface area contributed by atoms with Gasteiger partial charge in [0, 0.05) is 5.69 Å². The molecule has 2 aromatic rings. The van der Waals surface area contributed by atoms with Gasteiger partial charge in [0.2, 0.25) is 5.16 Å². The second-order valence-electron chi connectivity index (χ2n) is 2.32. The molecule has 1 aromatic carbocycles. The summed E-state index contributed by atoms with van der Waals surface area (Å²) in [5.74, 6) is 0. The summed E-state index contributed by atoms with van der Waals surface area (Å²) in [5, 5.41) is 7.91. The molecule has 59 valence electrons. The van der Waals surface area contributed by atoms with Crippen molar-refractivity contribution < 1.29 is 0 Å². The Morgan fingerprint density at radius 2 is 1.92 bits per heavy atom. The summed E-state index contributed by atoms with van der Waals surface area (Å²) >= 11 is 4.96. The van der Waals surface area contributed by atoms with E-state index in [0.29, 0.717) is 5.16 Å². The molecule has 0 aliphatic carbocycles. The van der Waals surface area contributed by atoms with Gasteiger partial charge in [0.05, 0.1) is 0 Å². The third-order valence-electron chi connectivity index (χ3n) is 1.55. The standard InChI is InChI=1S/C8H6N3S/c12-8-10-9-6-11(8)7-4-2-1-3-5-7/h1-6H. The Hall–Kier alpha value is -1.42. The molecule has 0 N–H and O–H groups in total. The van der Waals surface area contributed by atoms with Crippen LogP contribution in [0.1, 0.15) is 0 Å². The van der Waals surface area contributed by atoms with Crippen LogP contribution in [0.5, 0.6) is 0 Å². The molecule has 12 heavy (non-hydrogen) atoms. The minimum atomic E-state index is 0.487. The van der Waals surface area contributed by atoms with Crippen molar-refractivity contribution in [2.45, 2.75) is 5.16 Å². The molecule has 0 unspecified atom stereocenters. The Kier molecular flexibility index (Phi) is 1.75. The lowest BCUT2D eigenvalue weighted by Gasteiger charge is -1.99. The van der Waals surface area contributed by atoms with Gasteiger partial charge in [0.1, 0.15) is 6.33 Å². The van der Waals surface area contributed by atoms with Gasteiger partial charge in [-0.25, -0.2) is 0 Å². The number of aromatic nitrogens is 3. The number of rotatable bonds is 1. The fourth-order valence-electron chi connectivity index (χ4n) is 0.990. The smallest absolute Gasteiger partial charge is 0.226 e. The predicted octanol–water partition coefficient (Wildman–Crippen LogP) is 1.82. The summed E-state index contributed by atoms with van der Waals surface area (Å²) < 4.78 is 1.76. The molecule has 0 atom stereocenters. The Labute approximate surface area is 75.5 Å². The lowest BCUT2D eigenvalue weighted by atomic mass is 10.3. The van der Waals surface area contributed by atoms with E-state index in [-0.39, 0.29) is 0 Å². The molecule has 1 radical (unpaired) electrons. The Bertz CT molecular complexity index is 369. The quantitative estimate of drug-likeness (QED) is 0.663. The maximum Gasteiger partial charge on any atom is 0.226 e. The van der Waals surface area contributed by atoms with Crippen molar-refractivity contribution in [1.82, 2.24) is 14.8 Å². The molecule has 0 fully saturated rings. The molecule has 1 heterocycles. The van der Waals surface area contributed by atoms with Crippen LogP contribution in [0.3, 0.4) is 0 Å². The number of para-hydroxylation sites is 1. The molecule has 0 aliphatic heterocycles. The van der Waals surface area contributed by atoms with E-state index in [2.05, 4.69) is 10.2 Å². The molecule has 0 saturated heterocycles. The molecule has 1 aromatic heterocycles. The third-order valence-corrected chi connectivity index (χ3v) is 1.83. The molecule has 0 saturated carbocycles. The lowest BCUT2D eigenvalue weighted by molar-refractivity contribution is 0.890. The van der Waals surface area contributed by atoms with Gasteiger partial charge < -0.3 is 0 Å². The van der Waals surface area contributed by atoms with Crippen LogP contribution in [-0.2, 0) is 0 Å². The van der Waals surface area contributed by atoms with Gasteiger partial charge >= 0.3 is 0 Å². The normalized spacial score (nSPS) is 10.0. The first-order valence-electron chi connectivity index (χ1n) is 3.50. The molecule has 0 aliphatic rings. The van der Waals surface area contributed by atoms with Gasteiger partial charge in [-0.15, -0.1) is 10.2 Å². The van der Waals surface area contributed by atoms with E-state index in [1.807, 2.05) is 30.3 Å². The van der Waals surface area contributed by atoms with E-state index in [1.165, 1.54) is 0 Å². The number of nitrogens with zero attached hydrogens (tertiary/aromatic N) is 3. The van der Waals surface area contributed by atoms with Crippen molar-refractivity contribution in [3.8, 4) is 5.69 Å². The Morgan fingerprint density at radius 1 is 1.17 bits per heavy atom. The van der Waals surface area contributed by atoms with Gasteiger partial charge in [-0.05, 0) is 24.8 Å². The molecule has 0 amide bonds. The van der Waals surface area contributed by atoms with E-state index >= 15 is 0 Å². The van der Waals surface area contributed by atoms with E-state index in [4.69, 9.17) is 12.6 Å². The maximum absolute atomic E-state index is 4.96. The van der Waals surface area contributed by atoms with E-state index in [1.54, 1.807) is 10.9 Å². The molecular formula is C8H6N3S. The van der Waals surface area contributed by atoms with Crippen molar-refractivity contribution in [2.75, 3.05) is 0 Å². The van der Waals surface area contributed by atoms with Crippen LogP contribution >= 0.6 is 12.6 Å². The van der Waals surface area contributed by atoms with Crippen LogP contribution in [-0.4, -0.2) is 14.8 Å². The molecular weight excluding hydrogens is 170 g/mol. The van der Waals surface area contributed by atoms with E-state index in [0.717, 1.165) is 5.69 Å². The average Bonchev–Trinajstić information content (AvgIpc) is 2.53. The molecule has 4 heteroatoms. The summed E-state index contributed by atoms with van der Waals surface area (Å²) in [5.41, 5.74) is 0.993. The van der Waals surface area contributed by atoms with Crippen molar-refractivity contribution in [2.24, 2.45) is 0 Å². The number of hydrogen-bond acceptors (Lipinski definition) is 2. The van der Waals surface area contributed by atoms with Gasteiger partial charge in [0.15, 0.2) is 0 Å². The van der Waals surface area contributed by atoms with Crippen LogP contribution < -0.4 is 0 Å². The maximum atomic E-state index is 4.96. The summed E-state index contributed by atoms with van der Waals surface area (Å²) in [4.78, 5) is 0. The largest absolute Gasteiger partial charge is 0.273 e. The number of hydrogen-bond donors (Lipinski definition) is 0. The topological polar surface area (TPSA) is 30.7 Å². The first-order chi connectivity index (χ1) is 5.88. The summed E-state index contributed by atoms with van der Waals surface area (Å²) in [6.07, 6.45) is 1.61. The van der Waals surface area contributed by atoms with Crippen LogP contribution in [0.15, 0.2) is 41.8 Å². The molecule has 2 rings (SSSR count). The zero-order valence-electron chi connectivity index (χ0n) is 6.21. The van der Waals surface area contributed by atoms with Crippen LogP contribution in [0, 0.1) is 0 Å². The highest BCUT2D eigenvalue weighted by atomic mass is 32.1. The molecule has 0 bridgehead atoms. The third kappa shape index (κ3) is 1.16. The highest BCUT2D eigenvalue weighted by Gasteiger charge is 2.00. The molecule has 3 nitrogen and oxygen atoms in total. The van der Waals surface area contributed by atoms with Crippen molar-refractivity contribution >= 4 is 12.6 Å². The van der Waals surface area contributed by atoms with Crippen LogP contribution in [0.2, 0.25) is 0 Å². The fraction of sp³-hybridized carbons (Fsp3) is 0. The SMILES string of the molecule is [S]c1nncn1-c1ccccc1. The van der Waals surface area contributed by atoms with E-state index < -0.39 is 0 Å². The van der Waals surface area contributed by atoms with Crippen molar-refractivity contribution in [3.63, 3.8) is 0 Å². The average molecular weight is 176 g/mol. The summed E-state index contributed by atoms with van der Waals surface area (Å²) in [7, 11) is 0. The Balaban J connectivity index is 2.51. The lowest BCUT2D eigenvalue weighted by Crippen LogP contribution is -1.91. The number of benzene rings is 1. The second-order valence-corrected chi connectivity index (χ2v) is 2.68. The minimum absolute atomic E-state index is 0.487. The van der Waals surface area contributed by atoms with Gasteiger partial charge in [-0.1, -0.05) is 18.2 Å². The first kappa shape index (κ1) is 7.24. The van der Waals surface area contributed by atoms with Crippen molar-refractivity contribution in [3.05, 3.63) is 36.7 Å². The highest BCUT2D eigenvalue weighted by Crippen LogP contribution is 2.10. The first-order valence-corrected chi connectivity index (χ1v) is 3.91. The Morgan fingerprint density at radius 3 is 2.50 bits per heavy atom. The summed E-state index contributed by atoms with van der Waals surface area (Å²) in [6.45, 7) is 0. The second kappa shape index (κ2) is 2.91. The van der Waals surface area contributed by atoms with Gasteiger partial charge in [-0.3, -0.25) is 4.57 Å². The fourth-order valence-corrected chi connectivity index (χ4v) is 1.19. The summed E-state index contributed by atoms with van der Waals surface area (Å²) in [6, 6.07) is 9.77.